The van der Waals surface area contributed by atoms with Crippen LogP contribution in [-0.2, 0) is 34.3 Å². The van der Waals surface area contributed by atoms with Crippen LogP contribution in [0.2, 0.25) is 0 Å². The Balaban J connectivity index is 0.688. The molecule has 2 N–H and O–H groups in total. The summed E-state index contributed by atoms with van der Waals surface area (Å²) in [7, 11) is 1.93. The lowest BCUT2D eigenvalue weighted by molar-refractivity contribution is -0.134. The number of pyridine rings is 1. The molecule has 11 rings (SSSR count). The Kier molecular flexibility index (Phi) is 15.1. The maximum atomic E-state index is 14.2. The molecular formula is C63H73N9O6S. The van der Waals surface area contributed by atoms with E-state index in [0.717, 1.165) is 113 Å². The predicted octanol–water partition coefficient (Wildman–Crippen LogP) is 11.6. The molecule has 3 amide bonds. The van der Waals surface area contributed by atoms with Crippen molar-refractivity contribution in [3.8, 4) is 16.9 Å². The van der Waals surface area contributed by atoms with E-state index < -0.39 is 17.5 Å². The van der Waals surface area contributed by atoms with Crippen molar-refractivity contribution < 1.29 is 28.7 Å². The van der Waals surface area contributed by atoms with Gasteiger partial charge in [-0.1, -0.05) is 60.6 Å². The maximum Gasteiger partial charge on any atom is 0.358 e. The summed E-state index contributed by atoms with van der Waals surface area (Å²) in [4.78, 5) is 69.5. The van der Waals surface area contributed by atoms with Gasteiger partial charge in [-0.05, 0) is 176 Å². The van der Waals surface area contributed by atoms with Gasteiger partial charge in [0.15, 0.2) is 10.8 Å². The molecule has 15 nitrogen and oxygen atoms in total. The summed E-state index contributed by atoms with van der Waals surface area (Å²) in [5.41, 5.74) is 8.44. The number of rotatable bonds is 14. The summed E-state index contributed by atoms with van der Waals surface area (Å²) in [6.45, 7) is 17.5. The highest BCUT2D eigenvalue weighted by Gasteiger charge is 2.36. The summed E-state index contributed by atoms with van der Waals surface area (Å²) in [6.07, 6.45) is 9.59. The Labute approximate surface area is 467 Å². The second-order valence-corrected chi connectivity index (χ2v) is 24.8. The van der Waals surface area contributed by atoms with Crippen molar-refractivity contribution in [1.29, 1.82) is 0 Å². The number of thiazole rings is 1. The molecule has 16 heteroatoms. The first-order valence-electron chi connectivity index (χ1n) is 28.3. The highest BCUT2D eigenvalue weighted by molar-refractivity contribution is 7.22. The number of carbonyl (C=O) groups excluding carboxylic acids is 4. The van der Waals surface area contributed by atoms with E-state index in [1.54, 1.807) is 0 Å². The minimum atomic E-state index is -0.733. The minimum absolute atomic E-state index is 0.00683. The normalized spacial score (nSPS) is 19.8. The highest BCUT2D eigenvalue weighted by Crippen LogP contribution is 2.39. The lowest BCUT2D eigenvalue weighted by Gasteiger charge is -2.48. The molecule has 4 aliphatic rings. The number of nitrogens with zero attached hydrogens (tertiary/aromatic N) is 7. The van der Waals surface area contributed by atoms with Gasteiger partial charge in [-0.15, -0.1) is 0 Å². The number of amides is 3. The molecule has 6 heterocycles. The molecule has 2 saturated heterocycles. The standard InChI is InChI=1S/C63H73N9O6S/c1-39-44(45-27-29-54(65-57(45)60(76)78-62(2,3)4)70-33-31-41-15-12-17-46(49(41)37-70)58(74)67-61-64-50-18-8-9-20-53(50)79-61)16-13-19-52(39)77-43-24-21-40(22-25-43)14-10-11-32-72-35-34-71(38-63(72,5)6)42-23-26-47-51(36-42)69(7)68-56(47)48-28-30-55(73)66-59(48)75/h8-9,12-13,15-20,23,26-27,29,36,40,43,48H,10-11,14,21-22,24-25,28,30-35,37-38H2,1-7H3,(H,64,67,74)(H,66,73,75). The van der Waals surface area contributed by atoms with Crippen molar-refractivity contribution in [2.24, 2.45) is 13.0 Å². The van der Waals surface area contributed by atoms with Gasteiger partial charge in [0, 0.05) is 73.9 Å². The predicted molar refractivity (Wildman–Crippen MR) is 312 cm³/mol. The molecule has 0 spiro atoms. The highest BCUT2D eigenvalue weighted by atomic mass is 32.1. The van der Waals surface area contributed by atoms with Gasteiger partial charge in [-0.2, -0.15) is 5.10 Å². The second-order valence-electron chi connectivity index (χ2n) is 23.7. The Morgan fingerprint density at radius 3 is 2.44 bits per heavy atom. The van der Waals surface area contributed by atoms with E-state index in [1.165, 1.54) is 36.3 Å². The molecular weight excluding hydrogens is 1010 g/mol. The fraction of sp³-hybridized carbons (Fsp3) is 0.444. The van der Waals surface area contributed by atoms with Crippen LogP contribution >= 0.6 is 11.3 Å². The van der Waals surface area contributed by atoms with Crippen molar-refractivity contribution in [2.75, 3.05) is 47.8 Å². The number of unbranched alkanes of at least 4 members (excludes halogenated alkanes) is 1. The van der Waals surface area contributed by atoms with Gasteiger partial charge < -0.3 is 19.3 Å². The monoisotopic (exact) mass is 1080 g/mol. The second kappa shape index (κ2) is 22.2. The van der Waals surface area contributed by atoms with Gasteiger partial charge in [-0.25, -0.2) is 14.8 Å². The van der Waals surface area contributed by atoms with Crippen LogP contribution in [-0.4, -0.2) is 98.3 Å². The summed E-state index contributed by atoms with van der Waals surface area (Å²) in [5.74, 6) is 0.572. The van der Waals surface area contributed by atoms with Gasteiger partial charge >= 0.3 is 5.97 Å². The molecule has 3 fully saturated rings. The zero-order valence-corrected chi connectivity index (χ0v) is 47.5. The smallest absolute Gasteiger partial charge is 0.358 e. The molecule has 1 atom stereocenters. The largest absolute Gasteiger partial charge is 0.490 e. The van der Waals surface area contributed by atoms with Crippen molar-refractivity contribution >= 4 is 72.8 Å². The third-order valence-electron chi connectivity index (χ3n) is 16.7. The molecule has 79 heavy (non-hydrogen) atoms. The molecule has 1 unspecified atom stereocenters. The van der Waals surface area contributed by atoms with Crippen LogP contribution in [0.25, 0.3) is 32.2 Å². The van der Waals surface area contributed by atoms with E-state index in [9.17, 15) is 19.2 Å². The van der Waals surface area contributed by atoms with Gasteiger partial charge in [0.2, 0.25) is 11.8 Å². The zero-order valence-electron chi connectivity index (χ0n) is 46.7. The van der Waals surface area contributed by atoms with Crippen LogP contribution in [0.4, 0.5) is 16.6 Å². The first kappa shape index (κ1) is 53.8. The number of hydrogen-bond donors (Lipinski definition) is 2. The molecule has 3 aliphatic heterocycles. The Hall–Kier alpha value is -7.17. The minimum Gasteiger partial charge on any atom is -0.490 e. The van der Waals surface area contributed by atoms with Crippen LogP contribution in [0.5, 0.6) is 5.75 Å². The van der Waals surface area contributed by atoms with Crippen LogP contribution < -0.4 is 25.2 Å². The SMILES string of the molecule is Cc1c(OC2CCC(CCCCN3CCN(c4ccc5c(C6CCC(=O)NC6=O)nn(C)c5c4)CC3(C)C)CC2)cccc1-c1ccc(N2CCc3cccc(C(=O)Nc4nc5ccccc5s4)c3C2)nc1C(=O)OC(C)(C)C. The molecule has 0 radical (unpaired) electrons. The van der Waals surface area contributed by atoms with Crippen molar-refractivity contribution in [2.45, 2.75) is 135 Å². The molecule has 1 saturated carbocycles. The summed E-state index contributed by atoms with van der Waals surface area (Å²) < 4.78 is 15.7. The van der Waals surface area contributed by atoms with Gasteiger partial charge in [0.05, 0.1) is 33.4 Å². The fourth-order valence-corrected chi connectivity index (χ4v) is 13.3. The Bertz CT molecular complexity index is 3430. The fourth-order valence-electron chi connectivity index (χ4n) is 12.4. The number of nitrogens with one attached hydrogen (secondary N) is 2. The average molecular weight is 1080 g/mol. The van der Waals surface area contributed by atoms with Gasteiger partial charge in [0.1, 0.15) is 17.2 Å². The van der Waals surface area contributed by atoms with Crippen LogP contribution in [0.1, 0.15) is 142 Å². The molecule has 7 aromatic rings. The zero-order chi connectivity index (χ0) is 55.2. The summed E-state index contributed by atoms with van der Waals surface area (Å²) in [6, 6.07) is 30.2. The number of aryl methyl sites for hydroxylation is 1. The lowest BCUT2D eigenvalue weighted by Crippen LogP contribution is -2.59. The van der Waals surface area contributed by atoms with Crippen LogP contribution in [0, 0.1) is 12.8 Å². The number of hydrogen-bond acceptors (Lipinski definition) is 13. The maximum absolute atomic E-state index is 14.2. The number of fused-ring (bicyclic) bond motifs is 3. The third-order valence-corrected chi connectivity index (χ3v) is 17.6. The number of ether oxygens (including phenoxy) is 2. The van der Waals surface area contributed by atoms with Crippen molar-refractivity contribution in [3.05, 3.63) is 125 Å². The van der Waals surface area contributed by atoms with Gasteiger partial charge in [-0.3, -0.25) is 34.6 Å². The Morgan fingerprint density at radius 2 is 1.66 bits per heavy atom. The van der Waals surface area contributed by atoms with E-state index in [-0.39, 0.29) is 35.1 Å². The first-order chi connectivity index (χ1) is 37.9. The number of benzene rings is 4. The average Bonchev–Trinajstić information content (AvgIpc) is 4.22. The number of para-hydroxylation sites is 1. The number of esters is 1. The van der Waals surface area contributed by atoms with Crippen LogP contribution in [0.15, 0.2) is 91.0 Å². The van der Waals surface area contributed by atoms with Crippen molar-refractivity contribution in [1.82, 2.24) is 30.0 Å². The number of piperazine rings is 1. The first-order valence-corrected chi connectivity index (χ1v) is 29.1. The van der Waals surface area contributed by atoms with E-state index >= 15 is 0 Å². The van der Waals surface area contributed by atoms with E-state index in [1.807, 2.05) is 99.2 Å². The summed E-state index contributed by atoms with van der Waals surface area (Å²) in [5, 5.41) is 11.8. The number of carbonyl (C=O) groups is 4. The van der Waals surface area contributed by atoms with E-state index in [4.69, 9.17) is 19.6 Å². The lowest BCUT2D eigenvalue weighted by atomic mass is 9.84. The quantitative estimate of drug-likeness (QED) is 0.0603. The summed E-state index contributed by atoms with van der Waals surface area (Å²) >= 11 is 1.45. The number of imide groups is 1. The number of piperidine rings is 1. The molecule has 412 valence electrons. The molecule has 3 aromatic heterocycles. The topological polar surface area (TPSA) is 164 Å². The molecule has 4 aromatic carbocycles. The number of anilines is 3. The molecule has 0 bridgehead atoms. The van der Waals surface area contributed by atoms with Crippen LogP contribution in [0.3, 0.4) is 0 Å². The van der Waals surface area contributed by atoms with E-state index in [2.05, 4.69) is 75.4 Å². The van der Waals surface area contributed by atoms with Crippen molar-refractivity contribution in [3.63, 3.8) is 0 Å². The molecule has 1 aliphatic carbocycles. The third kappa shape index (κ3) is 11.6. The van der Waals surface area contributed by atoms with E-state index in [0.29, 0.717) is 53.9 Å². The van der Waals surface area contributed by atoms with Gasteiger partial charge in [0.25, 0.3) is 5.91 Å². The number of aromatic nitrogens is 4. The Morgan fingerprint density at radius 1 is 0.848 bits per heavy atom.